The van der Waals surface area contributed by atoms with E-state index in [-0.39, 0.29) is 17.9 Å². The van der Waals surface area contributed by atoms with E-state index in [1.807, 2.05) is 7.05 Å². The number of ether oxygens (including phenoxy) is 2. The van der Waals surface area contributed by atoms with E-state index in [9.17, 15) is 4.79 Å². The van der Waals surface area contributed by atoms with Crippen LogP contribution in [0.4, 0.5) is 0 Å². The number of amides is 1. The third kappa shape index (κ3) is 4.72. The largest absolute Gasteiger partial charge is 0.379 e. The third-order valence-electron chi connectivity index (χ3n) is 4.05. The first-order chi connectivity index (χ1) is 9.72. The number of rotatable bonds is 9. The molecular formula is C15H28N2O3. The highest BCUT2D eigenvalue weighted by Gasteiger charge is 2.35. The zero-order valence-corrected chi connectivity index (χ0v) is 12.8. The van der Waals surface area contributed by atoms with Crippen LogP contribution in [0.5, 0.6) is 0 Å². The number of carbonyl (C=O) groups excluding carboxylic acids is 1. The number of nitrogens with zero attached hydrogens (tertiary/aromatic N) is 1. The number of hydrogen-bond donors (Lipinski definition) is 1. The second-order valence-corrected chi connectivity index (χ2v) is 5.98. The lowest BCUT2D eigenvalue weighted by Crippen LogP contribution is -2.45. The summed E-state index contributed by atoms with van der Waals surface area (Å²) < 4.78 is 11.1. The highest BCUT2D eigenvalue weighted by molar-refractivity contribution is 5.79. The lowest BCUT2D eigenvalue weighted by Gasteiger charge is -2.24. The molecule has 2 fully saturated rings. The molecule has 2 aliphatic rings. The van der Waals surface area contributed by atoms with Crippen molar-refractivity contribution in [2.45, 2.75) is 32.2 Å². The summed E-state index contributed by atoms with van der Waals surface area (Å²) in [6.07, 6.45) is 3.68. The fourth-order valence-corrected chi connectivity index (χ4v) is 2.46. The van der Waals surface area contributed by atoms with E-state index in [1.54, 1.807) is 4.90 Å². The lowest BCUT2D eigenvalue weighted by atomic mass is 10.0. The van der Waals surface area contributed by atoms with Gasteiger partial charge in [0.25, 0.3) is 0 Å². The van der Waals surface area contributed by atoms with E-state index < -0.39 is 0 Å². The van der Waals surface area contributed by atoms with Gasteiger partial charge in [-0.1, -0.05) is 6.92 Å². The third-order valence-corrected chi connectivity index (χ3v) is 4.05. The Morgan fingerprint density at radius 1 is 1.40 bits per heavy atom. The number of hydrogen-bond acceptors (Lipinski definition) is 4. The molecule has 0 radical (unpaired) electrons. The van der Waals surface area contributed by atoms with Gasteiger partial charge >= 0.3 is 0 Å². The fraction of sp³-hybridized carbons (Fsp3) is 0.933. The van der Waals surface area contributed by atoms with Gasteiger partial charge in [0.05, 0.1) is 25.7 Å². The van der Waals surface area contributed by atoms with Gasteiger partial charge in [0, 0.05) is 26.2 Å². The molecular weight excluding hydrogens is 256 g/mol. The maximum atomic E-state index is 12.4. The molecule has 0 bridgehead atoms. The molecule has 0 spiro atoms. The Balaban J connectivity index is 1.67. The molecule has 116 valence electrons. The van der Waals surface area contributed by atoms with E-state index in [2.05, 4.69) is 12.2 Å². The maximum absolute atomic E-state index is 12.4. The molecule has 20 heavy (non-hydrogen) atoms. The Morgan fingerprint density at radius 3 is 2.90 bits per heavy atom. The quantitative estimate of drug-likeness (QED) is 0.639. The molecule has 1 aliphatic heterocycles. The summed E-state index contributed by atoms with van der Waals surface area (Å²) in [5.74, 6) is 0.906. The van der Waals surface area contributed by atoms with Crippen molar-refractivity contribution >= 4 is 5.91 Å². The Bertz CT molecular complexity index is 307. The van der Waals surface area contributed by atoms with Crippen LogP contribution in [0.1, 0.15) is 26.2 Å². The molecule has 5 nitrogen and oxygen atoms in total. The van der Waals surface area contributed by atoms with Crippen molar-refractivity contribution in [2.75, 3.05) is 46.6 Å². The van der Waals surface area contributed by atoms with Crippen LogP contribution in [0.25, 0.3) is 0 Å². The summed E-state index contributed by atoms with van der Waals surface area (Å²) in [6, 6.07) is 0.164. The summed E-state index contributed by atoms with van der Waals surface area (Å²) in [4.78, 5) is 14.2. The van der Waals surface area contributed by atoms with Crippen molar-refractivity contribution in [1.82, 2.24) is 10.2 Å². The first kappa shape index (κ1) is 15.7. The summed E-state index contributed by atoms with van der Waals surface area (Å²) in [5.41, 5.74) is 0. The molecule has 1 heterocycles. The van der Waals surface area contributed by atoms with Crippen LogP contribution in [0, 0.1) is 11.8 Å². The highest BCUT2D eigenvalue weighted by Crippen LogP contribution is 2.28. The van der Waals surface area contributed by atoms with Crippen LogP contribution in [0.15, 0.2) is 0 Å². The molecule has 1 saturated heterocycles. The van der Waals surface area contributed by atoms with Crippen LogP contribution in [0.3, 0.4) is 0 Å². The molecule has 1 amide bonds. The normalized spacial score (nSPS) is 25.9. The molecule has 1 aliphatic carbocycles. The van der Waals surface area contributed by atoms with Crippen molar-refractivity contribution in [3.05, 3.63) is 0 Å². The van der Waals surface area contributed by atoms with Gasteiger partial charge in [-0.25, -0.2) is 0 Å². The second-order valence-electron chi connectivity index (χ2n) is 5.98. The zero-order chi connectivity index (χ0) is 14.4. The van der Waals surface area contributed by atoms with Crippen molar-refractivity contribution in [3.63, 3.8) is 0 Å². The first-order valence-corrected chi connectivity index (χ1v) is 7.86. The van der Waals surface area contributed by atoms with Gasteiger partial charge in [0.15, 0.2) is 0 Å². The lowest BCUT2D eigenvalue weighted by molar-refractivity contribution is -0.135. The molecule has 2 rings (SSSR count). The van der Waals surface area contributed by atoms with Crippen LogP contribution < -0.4 is 5.32 Å². The monoisotopic (exact) mass is 284 g/mol. The molecule has 1 N–H and O–H groups in total. The average Bonchev–Trinajstić information content (AvgIpc) is 3.16. The predicted octanol–water partition coefficient (Wildman–Crippen LogP) is 0.886. The Hall–Kier alpha value is -0.650. The van der Waals surface area contributed by atoms with Crippen molar-refractivity contribution in [1.29, 1.82) is 0 Å². The number of carbonyl (C=O) groups is 1. The van der Waals surface area contributed by atoms with Crippen molar-refractivity contribution in [2.24, 2.45) is 11.8 Å². The number of nitrogens with one attached hydrogen (secondary N) is 1. The molecule has 0 aromatic rings. The van der Waals surface area contributed by atoms with E-state index in [0.29, 0.717) is 26.4 Å². The van der Waals surface area contributed by atoms with Gasteiger partial charge in [0.1, 0.15) is 0 Å². The molecule has 1 saturated carbocycles. The van der Waals surface area contributed by atoms with E-state index in [0.717, 1.165) is 25.5 Å². The van der Waals surface area contributed by atoms with Gasteiger partial charge in [-0.3, -0.25) is 4.79 Å². The van der Waals surface area contributed by atoms with E-state index in [4.69, 9.17) is 9.47 Å². The first-order valence-electron chi connectivity index (χ1n) is 7.86. The van der Waals surface area contributed by atoms with Gasteiger partial charge in [-0.2, -0.15) is 0 Å². The van der Waals surface area contributed by atoms with Crippen molar-refractivity contribution in [3.8, 4) is 0 Å². The van der Waals surface area contributed by atoms with Crippen LogP contribution in [-0.4, -0.2) is 63.4 Å². The molecule has 2 unspecified atom stereocenters. The summed E-state index contributed by atoms with van der Waals surface area (Å²) in [6.45, 7) is 6.40. The molecule has 5 heteroatoms. The minimum absolute atomic E-state index is 0.0463. The molecule has 0 aromatic heterocycles. The SMILES string of the molecule is CCCNC1COCC1C(=O)N(C)CCOCC1CC1. The van der Waals surface area contributed by atoms with Crippen molar-refractivity contribution < 1.29 is 14.3 Å². The maximum Gasteiger partial charge on any atom is 0.229 e. The smallest absolute Gasteiger partial charge is 0.229 e. The van der Waals surface area contributed by atoms with Crippen LogP contribution in [0.2, 0.25) is 0 Å². The van der Waals surface area contributed by atoms with Gasteiger partial charge in [-0.05, 0) is 31.7 Å². The highest BCUT2D eigenvalue weighted by atomic mass is 16.5. The van der Waals surface area contributed by atoms with Gasteiger partial charge in [0.2, 0.25) is 5.91 Å². The zero-order valence-electron chi connectivity index (χ0n) is 12.8. The predicted molar refractivity (Wildman–Crippen MR) is 77.6 cm³/mol. The standard InChI is InChI=1S/C15H28N2O3/c1-3-6-16-14-11-20-10-13(14)15(18)17(2)7-8-19-9-12-4-5-12/h12-14,16H,3-11H2,1-2H3. The topological polar surface area (TPSA) is 50.8 Å². The summed E-state index contributed by atoms with van der Waals surface area (Å²) in [7, 11) is 1.86. The average molecular weight is 284 g/mol. The molecule has 2 atom stereocenters. The molecule has 0 aromatic carbocycles. The van der Waals surface area contributed by atoms with Gasteiger partial charge < -0.3 is 19.7 Å². The van der Waals surface area contributed by atoms with E-state index in [1.165, 1.54) is 12.8 Å². The summed E-state index contributed by atoms with van der Waals surface area (Å²) >= 11 is 0. The Kier molecular flexibility index (Phi) is 6.26. The van der Waals surface area contributed by atoms with Crippen LogP contribution in [-0.2, 0) is 14.3 Å². The fourth-order valence-electron chi connectivity index (χ4n) is 2.46. The minimum Gasteiger partial charge on any atom is -0.379 e. The Labute approximate surface area is 122 Å². The Morgan fingerprint density at radius 2 is 2.20 bits per heavy atom. The summed E-state index contributed by atoms with van der Waals surface area (Å²) in [5, 5.41) is 3.40. The minimum atomic E-state index is -0.0463. The van der Waals surface area contributed by atoms with E-state index >= 15 is 0 Å². The second kappa shape index (κ2) is 7.96. The van der Waals surface area contributed by atoms with Crippen LogP contribution >= 0.6 is 0 Å². The number of likely N-dealkylation sites (N-methyl/N-ethyl adjacent to an activating group) is 1. The van der Waals surface area contributed by atoms with Gasteiger partial charge in [-0.15, -0.1) is 0 Å².